The van der Waals surface area contributed by atoms with Crippen LogP contribution in [-0.2, 0) is 6.73 Å². The van der Waals surface area contributed by atoms with Crippen LogP contribution < -0.4 is 14.8 Å². The highest BCUT2D eigenvalue weighted by molar-refractivity contribution is 6.32. The fraction of sp³-hybridized carbons (Fsp3) is 0.158. The van der Waals surface area contributed by atoms with Gasteiger partial charge in [0, 0.05) is 6.20 Å². The first kappa shape index (κ1) is 19.6. The van der Waals surface area contributed by atoms with Crippen molar-refractivity contribution in [3.8, 4) is 11.5 Å². The van der Waals surface area contributed by atoms with Crippen LogP contribution in [0, 0.1) is 6.92 Å². The lowest BCUT2D eigenvalue weighted by Crippen LogP contribution is -2.15. The van der Waals surface area contributed by atoms with Gasteiger partial charge in [-0.15, -0.1) is 0 Å². The van der Waals surface area contributed by atoms with Crippen LogP contribution in [0.3, 0.4) is 0 Å². The highest BCUT2D eigenvalue weighted by atomic mass is 35.5. The number of hydrogen-bond acceptors (Lipinski definition) is 4. The molecule has 0 fully saturated rings. The first-order valence-electron chi connectivity index (χ1n) is 8.20. The van der Waals surface area contributed by atoms with E-state index in [1.807, 2.05) is 0 Å². The molecule has 9 heteroatoms. The summed E-state index contributed by atoms with van der Waals surface area (Å²) in [4.78, 5) is 12.4. The molecule has 1 heterocycles. The summed E-state index contributed by atoms with van der Waals surface area (Å²) in [6, 6.07) is 13.0. The van der Waals surface area contributed by atoms with Gasteiger partial charge in [-0.3, -0.25) is 4.79 Å². The molecule has 6 nitrogen and oxygen atoms in total. The van der Waals surface area contributed by atoms with E-state index in [0.717, 1.165) is 5.56 Å². The fourth-order valence-corrected chi connectivity index (χ4v) is 2.56. The molecule has 0 aliphatic rings. The number of aryl methyl sites for hydroxylation is 1. The number of nitrogens with one attached hydrogen (secondary N) is 1. The van der Waals surface area contributed by atoms with Crippen molar-refractivity contribution < 1.29 is 23.0 Å². The van der Waals surface area contributed by atoms with Gasteiger partial charge in [-0.05, 0) is 42.8 Å². The Morgan fingerprint density at radius 1 is 1.21 bits per heavy atom. The molecular formula is C19H16ClF2N3O3. The van der Waals surface area contributed by atoms with Crippen molar-refractivity contribution in [2.24, 2.45) is 0 Å². The predicted molar refractivity (Wildman–Crippen MR) is 100 cm³/mol. The van der Waals surface area contributed by atoms with E-state index in [-0.39, 0.29) is 23.9 Å². The van der Waals surface area contributed by atoms with E-state index in [1.165, 1.54) is 22.9 Å². The maximum absolute atomic E-state index is 12.6. The van der Waals surface area contributed by atoms with Crippen LogP contribution in [0.2, 0.25) is 5.02 Å². The first-order valence-corrected chi connectivity index (χ1v) is 8.58. The molecule has 3 aromatic rings. The maximum atomic E-state index is 12.6. The second-order valence-electron chi connectivity index (χ2n) is 5.78. The van der Waals surface area contributed by atoms with Crippen molar-refractivity contribution in [2.75, 3.05) is 5.32 Å². The second kappa shape index (κ2) is 8.71. The van der Waals surface area contributed by atoms with Gasteiger partial charge in [0.25, 0.3) is 5.91 Å². The fourth-order valence-electron chi connectivity index (χ4n) is 2.36. The predicted octanol–water partition coefficient (Wildman–Crippen LogP) is 4.74. The summed E-state index contributed by atoms with van der Waals surface area (Å²) < 4.78 is 36.6. The molecule has 1 amide bonds. The average molecular weight is 408 g/mol. The Hall–Kier alpha value is -3.13. The van der Waals surface area contributed by atoms with Crippen molar-refractivity contribution in [1.29, 1.82) is 0 Å². The summed E-state index contributed by atoms with van der Waals surface area (Å²) in [7, 11) is 0. The molecule has 146 valence electrons. The van der Waals surface area contributed by atoms with Gasteiger partial charge in [-0.1, -0.05) is 29.8 Å². The Kier molecular flexibility index (Phi) is 6.10. The van der Waals surface area contributed by atoms with E-state index in [1.54, 1.807) is 43.5 Å². The average Bonchev–Trinajstić information content (AvgIpc) is 3.12. The summed E-state index contributed by atoms with van der Waals surface area (Å²) in [6.07, 6.45) is 1.55. The molecule has 0 unspecified atom stereocenters. The number of rotatable bonds is 7. The van der Waals surface area contributed by atoms with Gasteiger partial charge in [0.05, 0.1) is 10.7 Å². The molecule has 28 heavy (non-hydrogen) atoms. The summed E-state index contributed by atoms with van der Waals surface area (Å²) in [5.74, 6) is -0.205. The van der Waals surface area contributed by atoms with Crippen LogP contribution in [0.25, 0.3) is 0 Å². The zero-order valence-electron chi connectivity index (χ0n) is 14.7. The smallest absolute Gasteiger partial charge is 0.387 e. The third kappa shape index (κ3) is 4.98. The standard InChI is InChI=1S/C19H16ClF2N3O3/c1-12-6-7-14(17(10-12)28-19(21)22)23-18(26)15-8-9-25(24-15)11-27-16-5-3-2-4-13(16)20/h2-10,19H,11H2,1H3,(H,23,26). The monoisotopic (exact) mass is 407 g/mol. The van der Waals surface area contributed by atoms with Crippen LogP contribution >= 0.6 is 11.6 Å². The molecule has 0 saturated heterocycles. The number of amides is 1. The molecule has 0 spiro atoms. The number of hydrogen-bond donors (Lipinski definition) is 1. The lowest BCUT2D eigenvalue weighted by Gasteiger charge is -2.12. The molecule has 1 N–H and O–H groups in total. The van der Waals surface area contributed by atoms with Gasteiger partial charge in [0.2, 0.25) is 0 Å². The van der Waals surface area contributed by atoms with Gasteiger partial charge < -0.3 is 14.8 Å². The Morgan fingerprint density at radius 2 is 2.00 bits per heavy atom. The molecule has 0 aliphatic carbocycles. The number of ether oxygens (including phenoxy) is 2. The number of para-hydroxylation sites is 1. The van der Waals surface area contributed by atoms with Crippen LogP contribution in [0.15, 0.2) is 54.7 Å². The summed E-state index contributed by atoms with van der Waals surface area (Å²) >= 11 is 6.01. The number of alkyl halides is 2. The first-order chi connectivity index (χ1) is 13.4. The molecule has 1 aromatic heterocycles. The third-order valence-corrected chi connectivity index (χ3v) is 3.98. The van der Waals surface area contributed by atoms with Crippen molar-refractivity contribution in [3.63, 3.8) is 0 Å². The number of benzene rings is 2. The normalized spacial score (nSPS) is 10.8. The molecule has 0 radical (unpaired) electrons. The minimum absolute atomic E-state index is 0.0429. The van der Waals surface area contributed by atoms with Crippen LogP contribution in [0.5, 0.6) is 11.5 Å². The highest BCUT2D eigenvalue weighted by Gasteiger charge is 2.15. The summed E-state index contributed by atoms with van der Waals surface area (Å²) in [6.45, 7) is -1.23. The minimum Gasteiger partial charge on any atom is -0.470 e. The lowest BCUT2D eigenvalue weighted by atomic mass is 10.2. The van der Waals surface area contributed by atoms with Crippen molar-refractivity contribution in [1.82, 2.24) is 9.78 Å². The van der Waals surface area contributed by atoms with E-state index in [0.29, 0.717) is 10.8 Å². The van der Waals surface area contributed by atoms with E-state index < -0.39 is 12.5 Å². The molecule has 0 saturated carbocycles. The van der Waals surface area contributed by atoms with E-state index in [2.05, 4.69) is 15.2 Å². The number of carbonyl (C=O) groups is 1. The number of nitrogens with zero attached hydrogens (tertiary/aromatic N) is 2. The van der Waals surface area contributed by atoms with E-state index >= 15 is 0 Å². The zero-order valence-corrected chi connectivity index (χ0v) is 15.5. The maximum Gasteiger partial charge on any atom is 0.387 e. The van der Waals surface area contributed by atoms with Crippen LogP contribution in [0.1, 0.15) is 16.1 Å². The van der Waals surface area contributed by atoms with Crippen molar-refractivity contribution in [2.45, 2.75) is 20.3 Å². The Bertz CT molecular complexity index is 979. The molecule has 0 atom stereocenters. The quantitative estimate of drug-likeness (QED) is 0.614. The third-order valence-electron chi connectivity index (χ3n) is 3.66. The zero-order chi connectivity index (χ0) is 20.1. The van der Waals surface area contributed by atoms with Gasteiger partial charge in [0.1, 0.15) is 11.5 Å². The van der Waals surface area contributed by atoms with Crippen molar-refractivity contribution in [3.05, 3.63) is 71.0 Å². The minimum atomic E-state index is -3.00. The Morgan fingerprint density at radius 3 is 2.75 bits per heavy atom. The van der Waals surface area contributed by atoms with Crippen LogP contribution in [0.4, 0.5) is 14.5 Å². The summed E-state index contributed by atoms with van der Waals surface area (Å²) in [5, 5.41) is 7.08. The van der Waals surface area contributed by atoms with Crippen LogP contribution in [-0.4, -0.2) is 22.3 Å². The number of aromatic nitrogens is 2. The Balaban J connectivity index is 1.67. The second-order valence-corrected chi connectivity index (χ2v) is 6.18. The lowest BCUT2D eigenvalue weighted by molar-refractivity contribution is -0.0494. The molecule has 2 aromatic carbocycles. The van der Waals surface area contributed by atoms with Crippen molar-refractivity contribution >= 4 is 23.2 Å². The molecule has 0 aliphatic heterocycles. The SMILES string of the molecule is Cc1ccc(NC(=O)c2ccn(COc3ccccc3Cl)n2)c(OC(F)F)c1. The van der Waals surface area contributed by atoms with Gasteiger partial charge in [0.15, 0.2) is 12.4 Å². The van der Waals surface area contributed by atoms with Gasteiger partial charge in [-0.25, -0.2) is 4.68 Å². The number of anilines is 1. The Labute approximate surface area is 164 Å². The molecule has 0 bridgehead atoms. The largest absolute Gasteiger partial charge is 0.470 e. The topological polar surface area (TPSA) is 65.4 Å². The van der Waals surface area contributed by atoms with Gasteiger partial charge >= 0.3 is 6.61 Å². The number of halogens is 3. The molecular weight excluding hydrogens is 392 g/mol. The number of carbonyl (C=O) groups excluding carboxylic acids is 1. The summed E-state index contributed by atoms with van der Waals surface area (Å²) in [5.41, 5.74) is 0.929. The van der Waals surface area contributed by atoms with E-state index in [4.69, 9.17) is 16.3 Å². The van der Waals surface area contributed by atoms with Gasteiger partial charge in [-0.2, -0.15) is 13.9 Å². The molecule has 3 rings (SSSR count). The van der Waals surface area contributed by atoms with E-state index in [9.17, 15) is 13.6 Å². The highest BCUT2D eigenvalue weighted by Crippen LogP contribution is 2.28.